The Morgan fingerprint density at radius 2 is 1.90 bits per heavy atom. The second-order valence-corrected chi connectivity index (χ2v) is 5.39. The van der Waals surface area contributed by atoms with E-state index in [2.05, 4.69) is 41.0 Å². The van der Waals surface area contributed by atoms with Gasteiger partial charge in [-0.05, 0) is 25.0 Å². The molecule has 1 aromatic carbocycles. The number of hydrogen-bond acceptors (Lipinski definition) is 3. The van der Waals surface area contributed by atoms with Crippen molar-refractivity contribution < 1.29 is 12.4 Å². The SMILES string of the molecule is CCCCCCN1C2=NCCCN2c2ccccc21.[Cl-]. The molecule has 0 aliphatic carbocycles. The molecule has 0 bridgehead atoms. The molecule has 4 heteroatoms. The largest absolute Gasteiger partial charge is 1.00 e. The molecule has 0 unspecified atom stereocenters. The van der Waals surface area contributed by atoms with Crippen LogP contribution in [0.4, 0.5) is 11.4 Å². The van der Waals surface area contributed by atoms with Gasteiger partial charge in [0.1, 0.15) is 0 Å². The highest BCUT2D eigenvalue weighted by molar-refractivity contribution is 6.16. The molecule has 0 fully saturated rings. The van der Waals surface area contributed by atoms with E-state index in [4.69, 9.17) is 4.99 Å². The van der Waals surface area contributed by atoms with E-state index in [9.17, 15) is 0 Å². The lowest BCUT2D eigenvalue weighted by Crippen LogP contribution is -3.00. The highest BCUT2D eigenvalue weighted by Crippen LogP contribution is 2.38. The zero-order valence-corrected chi connectivity index (χ0v) is 12.9. The molecule has 0 N–H and O–H groups in total. The van der Waals surface area contributed by atoms with Gasteiger partial charge in [-0.15, -0.1) is 0 Å². The number of guanidine groups is 1. The summed E-state index contributed by atoms with van der Waals surface area (Å²) in [5.41, 5.74) is 2.69. The van der Waals surface area contributed by atoms with Crippen molar-refractivity contribution in [2.45, 2.75) is 39.0 Å². The highest BCUT2D eigenvalue weighted by Gasteiger charge is 2.32. The fraction of sp³-hybridized carbons (Fsp3) is 0.562. The lowest BCUT2D eigenvalue weighted by molar-refractivity contribution is -0.00000389. The molecule has 2 heterocycles. The Labute approximate surface area is 128 Å². The number of hydrogen-bond donors (Lipinski definition) is 0. The number of rotatable bonds is 5. The molecule has 0 amide bonds. The summed E-state index contributed by atoms with van der Waals surface area (Å²) < 4.78 is 0. The van der Waals surface area contributed by atoms with Crippen molar-refractivity contribution in [2.75, 3.05) is 29.4 Å². The minimum absolute atomic E-state index is 0. The van der Waals surface area contributed by atoms with Crippen molar-refractivity contribution in [1.29, 1.82) is 0 Å². The van der Waals surface area contributed by atoms with Gasteiger partial charge in [0, 0.05) is 19.6 Å². The smallest absolute Gasteiger partial charge is 0.205 e. The molecule has 3 rings (SSSR count). The monoisotopic (exact) mass is 292 g/mol. The maximum Gasteiger partial charge on any atom is 0.205 e. The van der Waals surface area contributed by atoms with Gasteiger partial charge in [-0.2, -0.15) is 0 Å². The first-order valence-corrected chi connectivity index (χ1v) is 7.60. The van der Waals surface area contributed by atoms with E-state index >= 15 is 0 Å². The number of benzene rings is 1. The summed E-state index contributed by atoms with van der Waals surface area (Å²) in [4.78, 5) is 9.56. The number of nitrogens with zero attached hydrogens (tertiary/aromatic N) is 3. The number of fused-ring (bicyclic) bond motifs is 3. The fourth-order valence-corrected chi connectivity index (χ4v) is 3.00. The van der Waals surface area contributed by atoms with Crippen LogP contribution >= 0.6 is 0 Å². The first kappa shape index (κ1) is 15.2. The number of para-hydroxylation sites is 2. The number of halogens is 1. The van der Waals surface area contributed by atoms with Gasteiger partial charge >= 0.3 is 0 Å². The quantitative estimate of drug-likeness (QED) is 0.743. The summed E-state index contributed by atoms with van der Waals surface area (Å²) in [7, 11) is 0. The topological polar surface area (TPSA) is 18.8 Å². The maximum absolute atomic E-state index is 4.76. The van der Waals surface area contributed by atoms with Crippen LogP contribution in [-0.2, 0) is 0 Å². The lowest BCUT2D eigenvalue weighted by Gasteiger charge is -2.26. The van der Waals surface area contributed by atoms with E-state index in [0.29, 0.717) is 0 Å². The van der Waals surface area contributed by atoms with Crippen LogP contribution in [0, 0.1) is 0 Å². The standard InChI is InChI=1S/C16H23N3.ClH/c1-2-3-4-7-12-18-14-9-5-6-10-15(14)19-13-8-11-17-16(18)19;/h5-6,9-10H,2-4,7-8,11-13H2,1H3;1H/p-1. The molecule has 1 aromatic rings. The van der Waals surface area contributed by atoms with E-state index in [1.165, 1.54) is 49.4 Å². The summed E-state index contributed by atoms with van der Waals surface area (Å²) >= 11 is 0. The zero-order valence-electron chi connectivity index (χ0n) is 12.2. The molecule has 0 saturated heterocycles. The normalized spacial score (nSPS) is 16.4. The summed E-state index contributed by atoms with van der Waals surface area (Å²) in [6, 6.07) is 8.72. The van der Waals surface area contributed by atoms with Crippen LogP contribution in [0.3, 0.4) is 0 Å². The molecule has 0 atom stereocenters. The molecular formula is C16H23ClN3-. The van der Waals surface area contributed by atoms with Crippen LogP contribution in [0.2, 0.25) is 0 Å². The van der Waals surface area contributed by atoms with Gasteiger partial charge < -0.3 is 22.2 Å². The Bertz CT molecular complexity index is 473. The van der Waals surface area contributed by atoms with Gasteiger partial charge in [-0.1, -0.05) is 38.3 Å². The first-order chi connectivity index (χ1) is 9.42. The summed E-state index contributed by atoms with van der Waals surface area (Å²) in [5.74, 6) is 1.18. The van der Waals surface area contributed by atoms with E-state index in [1.807, 2.05) is 0 Å². The molecular weight excluding hydrogens is 270 g/mol. The average molecular weight is 293 g/mol. The Hall–Kier alpha value is -1.22. The van der Waals surface area contributed by atoms with Crippen molar-refractivity contribution >= 4 is 17.3 Å². The first-order valence-electron chi connectivity index (χ1n) is 7.60. The van der Waals surface area contributed by atoms with E-state index in [0.717, 1.165) is 19.6 Å². The highest BCUT2D eigenvalue weighted by atomic mass is 35.5. The van der Waals surface area contributed by atoms with Crippen molar-refractivity contribution in [3.63, 3.8) is 0 Å². The van der Waals surface area contributed by atoms with E-state index < -0.39 is 0 Å². The van der Waals surface area contributed by atoms with Crippen LogP contribution in [-0.4, -0.2) is 25.6 Å². The molecule has 2 aliphatic rings. The second-order valence-electron chi connectivity index (χ2n) is 5.39. The van der Waals surface area contributed by atoms with Crippen LogP contribution in [0.15, 0.2) is 29.3 Å². The number of unbranched alkanes of at least 4 members (excludes halogenated alkanes) is 3. The van der Waals surface area contributed by atoms with Crippen molar-refractivity contribution in [1.82, 2.24) is 0 Å². The minimum Gasteiger partial charge on any atom is -1.00 e. The Balaban J connectivity index is 0.00000147. The minimum atomic E-state index is 0. The summed E-state index contributed by atoms with van der Waals surface area (Å²) in [6.07, 6.45) is 6.38. The Kier molecular flexibility index (Phi) is 5.30. The average Bonchev–Trinajstić information content (AvgIpc) is 2.78. The molecule has 0 spiro atoms. The van der Waals surface area contributed by atoms with E-state index in [1.54, 1.807) is 0 Å². The molecule has 0 radical (unpaired) electrons. The Morgan fingerprint density at radius 1 is 1.10 bits per heavy atom. The predicted molar refractivity (Wildman–Crippen MR) is 82.2 cm³/mol. The van der Waals surface area contributed by atoms with Gasteiger partial charge in [0.2, 0.25) is 5.96 Å². The fourth-order valence-electron chi connectivity index (χ4n) is 3.00. The van der Waals surface area contributed by atoms with Gasteiger partial charge in [-0.25, -0.2) is 0 Å². The molecule has 0 aromatic heterocycles. The molecule has 2 aliphatic heterocycles. The van der Waals surface area contributed by atoms with Crippen molar-refractivity contribution in [3.8, 4) is 0 Å². The van der Waals surface area contributed by atoms with Gasteiger partial charge in [0.25, 0.3) is 0 Å². The molecule has 3 nitrogen and oxygen atoms in total. The maximum atomic E-state index is 4.76. The van der Waals surface area contributed by atoms with Crippen molar-refractivity contribution in [3.05, 3.63) is 24.3 Å². The van der Waals surface area contributed by atoms with E-state index in [-0.39, 0.29) is 12.4 Å². The molecule has 110 valence electrons. The van der Waals surface area contributed by atoms with Crippen molar-refractivity contribution in [2.24, 2.45) is 4.99 Å². The third-order valence-electron chi connectivity index (χ3n) is 3.97. The second kappa shape index (κ2) is 6.98. The summed E-state index contributed by atoms with van der Waals surface area (Å²) in [6.45, 7) is 5.46. The van der Waals surface area contributed by atoms with Crippen LogP contribution < -0.4 is 22.2 Å². The summed E-state index contributed by atoms with van der Waals surface area (Å²) in [5, 5.41) is 0. The van der Waals surface area contributed by atoms with Gasteiger partial charge in [0.05, 0.1) is 11.4 Å². The molecule has 20 heavy (non-hydrogen) atoms. The van der Waals surface area contributed by atoms with Crippen LogP contribution in [0.25, 0.3) is 0 Å². The lowest BCUT2D eigenvalue weighted by atomic mass is 10.2. The third kappa shape index (κ3) is 2.78. The van der Waals surface area contributed by atoms with Gasteiger partial charge in [-0.3, -0.25) is 4.99 Å². The zero-order chi connectivity index (χ0) is 13.1. The molecule has 0 saturated carbocycles. The predicted octanol–water partition coefficient (Wildman–Crippen LogP) is 0.657. The number of aliphatic imine (C=N–C) groups is 1. The third-order valence-corrected chi connectivity index (χ3v) is 3.97. The van der Waals surface area contributed by atoms with Crippen LogP contribution in [0.1, 0.15) is 39.0 Å². The van der Waals surface area contributed by atoms with Crippen LogP contribution in [0.5, 0.6) is 0 Å². The Morgan fingerprint density at radius 3 is 2.70 bits per heavy atom. The van der Waals surface area contributed by atoms with Gasteiger partial charge in [0.15, 0.2) is 0 Å². The number of anilines is 2.